The number of hydrogen-bond donors (Lipinski definition) is 0. The van der Waals surface area contributed by atoms with E-state index in [0.29, 0.717) is 19.8 Å². The van der Waals surface area contributed by atoms with Gasteiger partial charge < -0.3 is 13.3 Å². The molecule has 0 N–H and O–H groups in total. The van der Waals surface area contributed by atoms with Crippen molar-refractivity contribution in [1.82, 2.24) is 0 Å². The molecule has 0 amide bonds. The first kappa shape index (κ1) is 16.8. The van der Waals surface area contributed by atoms with E-state index in [4.69, 9.17) is 13.3 Å². The highest BCUT2D eigenvalue weighted by molar-refractivity contribution is 6.94. The molecule has 5 heteroatoms. The average molecular weight is 294 g/mol. The number of rotatable bonds is 9. The molecule has 0 aliphatic heterocycles. The number of benzene rings is 1. The fourth-order valence-corrected chi connectivity index (χ4v) is 3.85. The second-order valence-electron chi connectivity index (χ2n) is 3.96. The molecule has 20 heavy (non-hydrogen) atoms. The molecule has 1 aromatic carbocycles. The Kier molecular flexibility index (Phi) is 7.39. The summed E-state index contributed by atoms with van der Waals surface area (Å²) in [6.45, 7) is 6.64. The summed E-state index contributed by atoms with van der Waals surface area (Å²) in [7, 11) is -3.28. The normalized spacial score (nSPS) is 11.9. The van der Waals surface area contributed by atoms with Crippen LogP contribution in [-0.4, -0.2) is 34.0 Å². The van der Waals surface area contributed by atoms with Crippen LogP contribution in [0.4, 0.5) is 0 Å². The second kappa shape index (κ2) is 8.81. The fourth-order valence-electron chi connectivity index (χ4n) is 1.75. The summed E-state index contributed by atoms with van der Waals surface area (Å²) in [5, 5.41) is -0.216. The van der Waals surface area contributed by atoms with Crippen LogP contribution in [0, 0.1) is 0 Å². The molecule has 4 nitrogen and oxygen atoms in total. The fraction of sp³-hybridized carbons (Fsp3) is 0.400. The van der Waals surface area contributed by atoms with Crippen molar-refractivity contribution >= 4 is 20.3 Å². The monoisotopic (exact) mass is 294 g/mol. The van der Waals surface area contributed by atoms with Gasteiger partial charge in [0.05, 0.1) is 0 Å². The van der Waals surface area contributed by atoms with Crippen molar-refractivity contribution in [2.24, 2.45) is 0 Å². The van der Waals surface area contributed by atoms with Crippen LogP contribution in [-0.2, 0) is 18.1 Å². The molecule has 1 aromatic rings. The summed E-state index contributed by atoms with van der Waals surface area (Å²) in [6, 6.07) is 9.62. The highest BCUT2D eigenvalue weighted by atomic mass is 28.4. The van der Waals surface area contributed by atoms with E-state index in [2.05, 4.69) is 0 Å². The molecule has 0 atom stereocenters. The van der Waals surface area contributed by atoms with Crippen LogP contribution in [0.3, 0.4) is 0 Å². The molecule has 0 saturated heterocycles. The van der Waals surface area contributed by atoms with Crippen molar-refractivity contribution in [3.63, 3.8) is 0 Å². The lowest BCUT2D eigenvalue weighted by Crippen LogP contribution is -2.53. The molecule has 0 heterocycles. The lowest BCUT2D eigenvalue weighted by atomic mass is 10.2. The molecule has 0 fully saturated rings. The molecule has 0 aliphatic carbocycles. The van der Waals surface area contributed by atoms with Gasteiger partial charge >= 0.3 is 8.80 Å². The zero-order valence-electron chi connectivity index (χ0n) is 12.3. The molecule has 0 spiro atoms. The van der Waals surface area contributed by atoms with Gasteiger partial charge in [-0.15, -0.1) is 0 Å². The minimum Gasteiger partial charge on any atom is -0.368 e. The lowest BCUT2D eigenvalue weighted by Gasteiger charge is -2.25. The van der Waals surface area contributed by atoms with Crippen molar-refractivity contribution in [2.45, 2.75) is 20.8 Å². The molecular formula is C15H22O4Si. The van der Waals surface area contributed by atoms with Crippen LogP contribution in [0.5, 0.6) is 0 Å². The van der Waals surface area contributed by atoms with Gasteiger partial charge in [0, 0.05) is 19.8 Å². The maximum absolute atomic E-state index is 12.4. The van der Waals surface area contributed by atoms with E-state index >= 15 is 0 Å². The predicted octanol–water partition coefficient (Wildman–Crippen LogP) is 2.86. The first-order valence-corrected chi connectivity index (χ1v) is 8.60. The van der Waals surface area contributed by atoms with Gasteiger partial charge in [-0.1, -0.05) is 36.4 Å². The third kappa shape index (κ3) is 4.68. The van der Waals surface area contributed by atoms with Crippen molar-refractivity contribution < 1.29 is 18.1 Å². The second-order valence-corrected chi connectivity index (χ2v) is 6.43. The largest absolute Gasteiger partial charge is 0.579 e. The van der Waals surface area contributed by atoms with Gasteiger partial charge in [-0.2, -0.15) is 0 Å². The Morgan fingerprint density at radius 3 is 1.95 bits per heavy atom. The van der Waals surface area contributed by atoms with Gasteiger partial charge in [0.1, 0.15) is 0 Å². The van der Waals surface area contributed by atoms with Gasteiger partial charge in [-0.05, 0) is 32.4 Å². The van der Waals surface area contributed by atoms with E-state index in [1.165, 1.54) is 6.08 Å². The lowest BCUT2D eigenvalue weighted by molar-refractivity contribution is -0.115. The molecule has 0 radical (unpaired) electrons. The highest BCUT2D eigenvalue weighted by Crippen LogP contribution is 2.13. The third-order valence-corrected chi connectivity index (χ3v) is 5.31. The topological polar surface area (TPSA) is 44.8 Å². The summed E-state index contributed by atoms with van der Waals surface area (Å²) in [5.74, 6) is 0. The molecule has 0 aromatic heterocycles. The summed E-state index contributed by atoms with van der Waals surface area (Å²) in [6.07, 6.45) is 3.24. The van der Waals surface area contributed by atoms with E-state index in [-0.39, 0.29) is 5.41 Å². The zero-order valence-corrected chi connectivity index (χ0v) is 13.3. The zero-order chi connectivity index (χ0) is 14.8. The van der Waals surface area contributed by atoms with Crippen LogP contribution in [0.2, 0.25) is 0 Å². The van der Waals surface area contributed by atoms with Crippen LogP contribution >= 0.6 is 0 Å². The Morgan fingerprint density at radius 2 is 1.50 bits per heavy atom. The van der Waals surface area contributed by atoms with Gasteiger partial charge in [0.25, 0.3) is 0 Å². The summed E-state index contributed by atoms with van der Waals surface area (Å²) < 4.78 is 16.7. The van der Waals surface area contributed by atoms with Crippen molar-refractivity contribution in [3.05, 3.63) is 42.0 Å². The molecule has 110 valence electrons. The van der Waals surface area contributed by atoms with Gasteiger partial charge in [0.15, 0.2) is 0 Å². The van der Waals surface area contributed by atoms with Crippen LogP contribution in [0.15, 0.2) is 36.4 Å². The Labute approximate surface area is 121 Å². The van der Waals surface area contributed by atoms with E-state index in [9.17, 15) is 4.79 Å². The van der Waals surface area contributed by atoms with Crippen LogP contribution in [0.1, 0.15) is 26.3 Å². The molecule has 1 rings (SSSR count). The molecule has 0 aliphatic rings. The first-order valence-electron chi connectivity index (χ1n) is 6.88. The third-order valence-electron chi connectivity index (χ3n) is 2.53. The summed E-state index contributed by atoms with van der Waals surface area (Å²) in [5.41, 5.74) is 0.952. The standard InChI is InChI=1S/C15H22O4Si/c1-4-17-20(18-5-2,19-6-3)15(16)13-12-14-10-8-7-9-11-14/h7-13H,4-6H2,1-3H3/b13-12+. The minimum absolute atomic E-state index is 0.216. The van der Waals surface area contributed by atoms with E-state index in [1.807, 2.05) is 51.1 Å². The maximum atomic E-state index is 12.4. The Bertz CT molecular complexity index is 414. The summed E-state index contributed by atoms with van der Waals surface area (Å²) >= 11 is 0. The van der Waals surface area contributed by atoms with E-state index in [0.717, 1.165) is 5.56 Å². The predicted molar refractivity (Wildman–Crippen MR) is 81.1 cm³/mol. The number of allylic oxidation sites excluding steroid dienone is 1. The van der Waals surface area contributed by atoms with Gasteiger partial charge in [0.2, 0.25) is 5.41 Å². The smallest absolute Gasteiger partial charge is 0.368 e. The number of carbonyl (C=O) groups is 1. The van der Waals surface area contributed by atoms with Gasteiger partial charge in [-0.25, -0.2) is 0 Å². The Hall–Kier alpha value is -1.27. The molecular weight excluding hydrogens is 272 g/mol. The Morgan fingerprint density at radius 1 is 1.00 bits per heavy atom. The van der Waals surface area contributed by atoms with E-state index in [1.54, 1.807) is 6.08 Å². The van der Waals surface area contributed by atoms with E-state index < -0.39 is 8.80 Å². The average Bonchev–Trinajstić information content (AvgIpc) is 2.46. The quantitative estimate of drug-likeness (QED) is 0.519. The SMILES string of the molecule is CCO[Si](OCC)(OCC)C(=O)/C=C/c1ccccc1. The maximum Gasteiger partial charge on any atom is 0.579 e. The van der Waals surface area contributed by atoms with Crippen molar-refractivity contribution in [2.75, 3.05) is 19.8 Å². The number of carbonyl (C=O) groups excluding carboxylic acids is 1. The Balaban J connectivity index is 2.89. The summed E-state index contributed by atoms with van der Waals surface area (Å²) in [4.78, 5) is 12.4. The van der Waals surface area contributed by atoms with Crippen LogP contribution < -0.4 is 0 Å². The molecule has 0 unspecified atom stereocenters. The molecule has 0 saturated carbocycles. The molecule has 0 bridgehead atoms. The highest BCUT2D eigenvalue weighted by Gasteiger charge is 2.48. The minimum atomic E-state index is -3.28. The van der Waals surface area contributed by atoms with Crippen molar-refractivity contribution in [3.8, 4) is 0 Å². The number of hydrogen-bond acceptors (Lipinski definition) is 4. The van der Waals surface area contributed by atoms with Gasteiger partial charge in [-0.3, -0.25) is 4.79 Å². The van der Waals surface area contributed by atoms with Crippen molar-refractivity contribution in [1.29, 1.82) is 0 Å². The van der Waals surface area contributed by atoms with Crippen LogP contribution in [0.25, 0.3) is 6.08 Å². The first-order chi connectivity index (χ1) is 9.68.